The maximum atomic E-state index is 13.0. The molecule has 2 N–H and O–H groups in total. The van der Waals surface area contributed by atoms with E-state index in [9.17, 15) is 14.0 Å². The number of nitrogens with one attached hydrogen (secondary N) is 2. The predicted octanol–water partition coefficient (Wildman–Crippen LogP) is 2.43. The van der Waals surface area contributed by atoms with Gasteiger partial charge in [0.1, 0.15) is 11.5 Å². The van der Waals surface area contributed by atoms with Gasteiger partial charge < -0.3 is 15.2 Å². The second-order valence-corrected chi connectivity index (χ2v) is 6.40. The van der Waals surface area contributed by atoms with Gasteiger partial charge >= 0.3 is 0 Å². The summed E-state index contributed by atoms with van der Waals surface area (Å²) in [6.45, 7) is 3.54. The van der Waals surface area contributed by atoms with Gasteiger partial charge in [-0.25, -0.2) is 9.37 Å². The van der Waals surface area contributed by atoms with E-state index in [1.807, 2.05) is 11.5 Å². The highest BCUT2D eigenvalue weighted by Gasteiger charge is 2.27. The van der Waals surface area contributed by atoms with E-state index in [-0.39, 0.29) is 24.2 Å². The molecule has 2 heterocycles. The SMILES string of the molecule is CCCNC(=O)c1nc(C(=O)NCc2ccc(F)cc2)c2n1CCCC2. The van der Waals surface area contributed by atoms with Crippen molar-refractivity contribution in [3.05, 3.63) is 52.9 Å². The van der Waals surface area contributed by atoms with Gasteiger partial charge in [-0.2, -0.15) is 0 Å². The number of rotatable bonds is 6. The van der Waals surface area contributed by atoms with Crippen LogP contribution in [0.4, 0.5) is 4.39 Å². The Bertz CT molecular complexity index is 799. The van der Waals surface area contributed by atoms with Crippen LogP contribution < -0.4 is 10.6 Å². The largest absolute Gasteiger partial charge is 0.349 e. The molecule has 0 fully saturated rings. The van der Waals surface area contributed by atoms with Crippen molar-refractivity contribution in [1.82, 2.24) is 20.2 Å². The minimum atomic E-state index is -0.314. The molecule has 0 unspecified atom stereocenters. The van der Waals surface area contributed by atoms with E-state index in [1.165, 1.54) is 12.1 Å². The van der Waals surface area contributed by atoms with E-state index >= 15 is 0 Å². The van der Waals surface area contributed by atoms with Gasteiger partial charge in [-0.1, -0.05) is 19.1 Å². The maximum Gasteiger partial charge on any atom is 0.287 e. The molecule has 1 aromatic carbocycles. The fraction of sp³-hybridized carbons (Fsp3) is 0.421. The molecule has 138 valence electrons. The molecule has 2 aromatic rings. The molecule has 3 rings (SSSR count). The van der Waals surface area contributed by atoms with E-state index < -0.39 is 0 Å². The van der Waals surface area contributed by atoms with Crippen LogP contribution in [0.15, 0.2) is 24.3 Å². The second kappa shape index (κ2) is 8.12. The molecule has 2 amide bonds. The highest BCUT2D eigenvalue weighted by molar-refractivity contribution is 5.97. The van der Waals surface area contributed by atoms with E-state index in [0.29, 0.717) is 24.6 Å². The number of hydrogen-bond acceptors (Lipinski definition) is 3. The van der Waals surface area contributed by atoms with Crippen molar-refractivity contribution in [2.45, 2.75) is 45.7 Å². The summed E-state index contributed by atoms with van der Waals surface area (Å²) in [7, 11) is 0. The second-order valence-electron chi connectivity index (χ2n) is 6.40. The van der Waals surface area contributed by atoms with Crippen molar-refractivity contribution >= 4 is 11.8 Å². The fourth-order valence-electron chi connectivity index (χ4n) is 3.08. The van der Waals surface area contributed by atoms with Crippen molar-refractivity contribution < 1.29 is 14.0 Å². The Morgan fingerprint density at radius 1 is 1.15 bits per heavy atom. The van der Waals surface area contributed by atoms with Crippen LogP contribution in [-0.4, -0.2) is 27.9 Å². The number of fused-ring (bicyclic) bond motifs is 1. The third-order valence-corrected chi connectivity index (χ3v) is 4.44. The van der Waals surface area contributed by atoms with Gasteiger partial charge in [-0.3, -0.25) is 9.59 Å². The number of halogens is 1. The number of aromatic nitrogens is 2. The zero-order valence-electron chi connectivity index (χ0n) is 14.8. The number of nitrogens with zero attached hydrogens (tertiary/aromatic N) is 2. The topological polar surface area (TPSA) is 76.0 Å². The van der Waals surface area contributed by atoms with Gasteiger partial charge in [0.25, 0.3) is 11.8 Å². The summed E-state index contributed by atoms with van der Waals surface area (Å²) in [4.78, 5) is 29.3. The lowest BCUT2D eigenvalue weighted by Gasteiger charge is -2.17. The van der Waals surface area contributed by atoms with Crippen molar-refractivity contribution in [3.8, 4) is 0 Å². The molecule has 0 atom stereocenters. The average Bonchev–Trinajstić information content (AvgIpc) is 3.05. The van der Waals surface area contributed by atoms with Gasteiger partial charge in [-0.05, 0) is 43.4 Å². The van der Waals surface area contributed by atoms with E-state index in [2.05, 4.69) is 15.6 Å². The van der Waals surface area contributed by atoms with Crippen LogP contribution in [0.5, 0.6) is 0 Å². The summed E-state index contributed by atoms with van der Waals surface area (Å²) >= 11 is 0. The van der Waals surface area contributed by atoms with Crippen LogP contribution in [0.25, 0.3) is 0 Å². The summed E-state index contributed by atoms with van der Waals surface area (Å²) in [5.41, 5.74) is 1.93. The first kappa shape index (κ1) is 18.1. The van der Waals surface area contributed by atoms with Crippen LogP contribution in [0.1, 0.15) is 58.6 Å². The maximum absolute atomic E-state index is 13.0. The Morgan fingerprint density at radius 2 is 1.92 bits per heavy atom. The van der Waals surface area contributed by atoms with Gasteiger partial charge in [0.2, 0.25) is 0 Å². The lowest BCUT2D eigenvalue weighted by molar-refractivity contribution is 0.0937. The lowest BCUT2D eigenvalue weighted by Crippen LogP contribution is -2.28. The third kappa shape index (κ3) is 3.92. The number of hydrogen-bond donors (Lipinski definition) is 2. The molecule has 26 heavy (non-hydrogen) atoms. The zero-order chi connectivity index (χ0) is 18.5. The minimum absolute atomic E-state index is 0.243. The molecule has 0 spiro atoms. The minimum Gasteiger partial charge on any atom is -0.349 e. The molecule has 1 aromatic heterocycles. The summed E-state index contributed by atoms with van der Waals surface area (Å²) in [6, 6.07) is 5.97. The molecular formula is C19H23FN4O2. The van der Waals surface area contributed by atoms with Crippen LogP contribution in [-0.2, 0) is 19.5 Å². The zero-order valence-corrected chi connectivity index (χ0v) is 14.8. The number of benzene rings is 1. The third-order valence-electron chi connectivity index (χ3n) is 4.44. The normalized spacial score (nSPS) is 13.2. The van der Waals surface area contributed by atoms with Crippen LogP contribution in [0, 0.1) is 5.82 Å². The van der Waals surface area contributed by atoms with Crippen LogP contribution >= 0.6 is 0 Å². The summed E-state index contributed by atoms with van der Waals surface area (Å²) in [5, 5.41) is 5.64. The molecule has 6 nitrogen and oxygen atoms in total. The lowest BCUT2D eigenvalue weighted by atomic mass is 10.1. The van der Waals surface area contributed by atoms with E-state index in [4.69, 9.17) is 0 Å². The first-order valence-corrected chi connectivity index (χ1v) is 9.00. The fourth-order valence-corrected chi connectivity index (χ4v) is 3.08. The number of carbonyl (C=O) groups excluding carboxylic acids is 2. The molecule has 1 aliphatic heterocycles. The monoisotopic (exact) mass is 358 g/mol. The van der Waals surface area contributed by atoms with Crippen molar-refractivity contribution in [2.75, 3.05) is 6.54 Å². The van der Waals surface area contributed by atoms with Crippen LogP contribution in [0.2, 0.25) is 0 Å². The van der Waals surface area contributed by atoms with Gasteiger partial charge in [0.05, 0.1) is 5.69 Å². The smallest absolute Gasteiger partial charge is 0.287 e. The van der Waals surface area contributed by atoms with Gasteiger partial charge in [-0.15, -0.1) is 0 Å². The summed E-state index contributed by atoms with van der Waals surface area (Å²) < 4.78 is 14.8. The Balaban J connectivity index is 1.77. The van der Waals surface area contributed by atoms with E-state index in [0.717, 1.165) is 36.9 Å². The highest BCUT2D eigenvalue weighted by atomic mass is 19.1. The Labute approximate surface area is 151 Å². The molecule has 0 saturated heterocycles. The van der Waals surface area contributed by atoms with E-state index in [1.54, 1.807) is 12.1 Å². The van der Waals surface area contributed by atoms with Crippen molar-refractivity contribution in [1.29, 1.82) is 0 Å². The molecule has 0 radical (unpaired) electrons. The Hall–Kier alpha value is -2.70. The predicted molar refractivity (Wildman–Crippen MR) is 95.4 cm³/mol. The Morgan fingerprint density at radius 3 is 2.65 bits per heavy atom. The summed E-state index contributed by atoms with van der Waals surface area (Å²) in [6.07, 6.45) is 3.51. The quantitative estimate of drug-likeness (QED) is 0.833. The van der Waals surface area contributed by atoms with Crippen molar-refractivity contribution in [2.24, 2.45) is 0 Å². The van der Waals surface area contributed by atoms with Crippen LogP contribution in [0.3, 0.4) is 0 Å². The number of imidazole rings is 1. The molecule has 7 heteroatoms. The Kier molecular flexibility index (Phi) is 5.65. The number of amides is 2. The number of carbonyl (C=O) groups is 2. The molecule has 0 aliphatic carbocycles. The molecule has 1 aliphatic rings. The average molecular weight is 358 g/mol. The van der Waals surface area contributed by atoms with Crippen molar-refractivity contribution in [3.63, 3.8) is 0 Å². The first-order chi connectivity index (χ1) is 12.6. The van der Waals surface area contributed by atoms with Gasteiger partial charge in [0.15, 0.2) is 5.82 Å². The molecule has 0 bridgehead atoms. The summed E-state index contributed by atoms with van der Waals surface area (Å²) in [5.74, 6) is -0.562. The standard InChI is InChI=1S/C19H23FN4O2/c1-2-10-21-19(26)17-23-16(15-5-3-4-11-24(15)17)18(25)22-12-13-6-8-14(20)9-7-13/h6-9H,2-5,10-12H2,1H3,(H,21,26)(H,22,25). The molecular weight excluding hydrogens is 335 g/mol. The van der Waals surface area contributed by atoms with Gasteiger partial charge in [0, 0.05) is 19.6 Å². The highest BCUT2D eigenvalue weighted by Crippen LogP contribution is 2.21. The first-order valence-electron chi connectivity index (χ1n) is 9.00. The molecule has 0 saturated carbocycles.